The van der Waals surface area contributed by atoms with Crippen molar-refractivity contribution in [2.24, 2.45) is 5.41 Å². The molecule has 0 N–H and O–H groups in total. The van der Waals surface area contributed by atoms with Gasteiger partial charge in [-0.1, -0.05) is 0 Å². The van der Waals surface area contributed by atoms with Gasteiger partial charge in [-0.25, -0.2) is 12.7 Å². The van der Waals surface area contributed by atoms with Crippen LogP contribution in [-0.2, 0) is 14.8 Å². The van der Waals surface area contributed by atoms with Gasteiger partial charge in [0.05, 0.1) is 16.9 Å². The first-order valence-corrected chi connectivity index (χ1v) is 9.21. The number of amides is 2. The molecule has 126 valence electrons. The van der Waals surface area contributed by atoms with E-state index in [9.17, 15) is 18.0 Å². The van der Waals surface area contributed by atoms with E-state index in [1.54, 1.807) is 30.9 Å². The van der Waals surface area contributed by atoms with Crippen molar-refractivity contribution < 1.29 is 18.0 Å². The summed E-state index contributed by atoms with van der Waals surface area (Å²) in [6.45, 7) is 8.23. The molecule has 1 aliphatic heterocycles. The predicted molar refractivity (Wildman–Crippen MR) is 88.7 cm³/mol. The minimum Gasteiger partial charge on any atom is -0.339 e. The van der Waals surface area contributed by atoms with Gasteiger partial charge in [0.15, 0.2) is 0 Å². The maximum Gasteiger partial charge on any atom is 0.253 e. The number of nitrogens with zero attached hydrogens (tertiary/aromatic N) is 2. The molecule has 0 unspecified atom stereocenters. The van der Waals surface area contributed by atoms with Gasteiger partial charge < -0.3 is 4.90 Å². The quantitative estimate of drug-likeness (QED) is 0.840. The zero-order chi connectivity index (χ0) is 17.4. The van der Waals surface area contributed by atoms with Gasteiger partial charge in [-0.15, -0.1) is 0 Å². The zero-order valence-corrected chi connectivity index (χ0v) is 14.7. The Morgan fingerprint density at radius 1 is 1.17 bits per heavy atom. The summed E-state index contributed by atoms with van der Waals surface area (Å²) in [6.07, 6.45) is 0. The molecule has 2 amide bonds. The summed E-state index contributed by atoms with van der Waals surface area (Å²) in [5.74, 6) is -0.767. The van der Waals surface area contributed by atoms with Gasteiger partial charge in [0.2, 0.25) is 15.9 Å². The highest BCUT2D eigenvalue weighted by atomic mass is 32.2. The summed E-state index contributed by atoms with van der Waals surface area (Å²) < 4.78 is 25.3. The Labute approximate surface area is 137 Å². The molecular formula is C16H22N2O4S. The summed E-state index contributed by atoms with van der Waals surface area (Å²) in [5.41, 5.74) is -0.188. The van der Waals surface area contributed by atoms with Crippen molar-refractivity contribution in [1.82, 2.24) is 4.90 Å². The number of benzene rings is 1. The number of hydrogen-bond donors (Lipinski definition) is 0. The first kappa shape index (κ1) is 17.5. The minimum absolute atomic E-state index is 0.113. The number of carbonyl (C=O) groups excluding carboxylic acids is 2. The Morgan fingerprint density at radius 3 is 2.09 bits per heavy atom. The second-order valence-electron chi connectivity index (χ2n) is 6.23. The minimum atomic E-state index is -3.67. The lowest BCUT2D eigenvalue weighted by atomic mass is 9.95. The van der Waals surface area contributed by atoms with Gasteiger partial charge in [0.1, 0.15) is 0 Å². The highest BCUT2D eigenvalue weighted by Gasteiger charge is 2.49. The highest BCUT2D eigenvalue weighted by Crippen LogP contribution is 2.35. The average molecular weight is 338 g/mol. The average Bonchev–Trinajstić information content (AvgIpc) is 2.64. The molecule has 23 heavy (non-hydrogen) atoms. The fourth-order valence-corrected chi connectivity index (χ4v) is 4.80. The Morgan fingerprint density at radius 2 is 1.70 bits per heavy atom. The van der Waals surface area contributed by atoms with E-state index >= 15 is 0 Å². The predicted octanol–water partition coefficient (Wildman–Crippen LogP) is 1.87. The molecule has 2 rings (SSSR count). The molecule has 0 aromatic heterocycles. The molecule has 0 atom stereocenters. The Kier molecular flexibility index (Phi) is 4.52. The van der Waals surface area contributed by atoms with Crippen LogP contribution < -0.4 is 4.31 Å². The lowest BCUT2D eigenvalue weighted by Crippen LogP contribution is -2.33. The van der Waals surface area contributed by atoms with E-state index in [1.807, 2.05) is 13.8 Å². The zero-order valence-electron chi connectivity index (χ0n) is 13.9. The smallest absolute Gasteiger partial charge is 0.253 e. The van der Waals surface area contributed by atoms with Crippen LogP contribution in [0.4, 0.5) is 5.69 Å². The van der Waals surface area contributed by atoms with Crippen LogP contribution >= 0.6 is 0 Å². The molecule has 1 aliphatic rings. The van der Waals surface area contributed by atoms with Crippen LogP contribution in [0.1, 0.15) is 38.1 Å². The number of anilines is 1. The van der Waals surface area contributed by atoms with E-state index in [-0.39, 0.29) is 17.3 Å². The molecule has 1 aromatic rings. The second-order valence-corrected chi connectivity index (χ2v) is 8.05. The van der Waals surface area contributed by atoms with Crippen LogP contribution in [-0.4, -0.2) is 44.0 Å². The third-order valence-corrected chi connectivity index (χ3v) is 6.00. The van der Waals surface area contributed by atoms with E-state index in [4.69, 9.17) is 0 Å². The molecule has 1 fully saturated rings. The van der Waals surface area contributed by atoms with Crippen LogP contribution in [0.5, 0.6) is 0 Å². The summed E-state index contributed by atoms with van der Waals surface area (Å²) >= 11 is 0. The van der Waals surface area contributed by atoms with Gasteiger partial charge >= 0.3 is 0 Å². The third-order valence-electron chi connectivity index (χ3n) is 3.98. The SMILES string of the molecule is CCN(CC)C(=O)c1ccc(N2C(=O)C(C)(C)CS2(=O)=O)cc1. The second kappa shape index (κ2) is 5.96. The van der Waals surface area contributed by atoms with E-state index < -0.39 is 21.3 Å². The molecule has 6 nitrogen and oxygen atoms in total. The van der Waals surface area contributed by atoms with Crippen molar-refractivity contribution in [3.8, 4) is 0 Å². The molecule has 1 aromatic carbocycles. The summed E-state index contributed by atoms with van der Waals surface area (Å²) in [7, 11) is -3.67. The van der Waals surface area contributed by atoms with Gasteiger partial charge in [0.25, 0.3) is 5.91 Å². The summed E-state index contributed by atoms with van der Waals surface area (Å²) in [4.78, 5) is 26.3. The van der Waals surface area contributed by atoms with Crippen molar-refractivity contribution in [1.29, 1.82) is 0 Å². The fourth-order valence-electron chi connectivity index (χ4n) is 2.69. The Balaban J connectivity index is 2.34. The van der Waals surface area contributed by atoms with E-state index in [2.05, 4.69) is 0 Å². The van der Waals surface area contributed by atoms with Crippen LogP contribution in [0, 0.1) is 5.41 Å². The van der Waals surface area contributed by atoms with Crippen LogP contribution in [0.2, 0.25) is 0 Å². The Hall–Kier alpha value is -1.89. The van der Waals surface area contributed by atoms with Crippen molar-refractivity contribution in [3.63, 3.8) is 0 Å². The third kappa shape index (κ3) is 3.10. The first-order valence-electron chi connectivity index (χ1n) is 7.61. The molecule has 7 heteroatoms. The standard InChI is InChI=1S/C16H22N2O4S/c1-5-17(6-2)14(19)12-7-9-13(10-8-12)18-15(20)16(3,4)11-23(18,21)22/h7-10H,5-6,11H2,1-4H3. The Bertz CT molecular complexity index is 719. The topological polar surface area (TPSA) is 74.8 Å². The van der Waals surface area contributed by atoms with Crippen LogP contribution in [0.3, 0.4) is 0 Å². The monoisotopic (exact) mass is 338 g/mol. The lowest BCUT2D eigenvalue weighted by Gasteiger charge is -2.20. The normalized spacial score (nSPS) is 19.0. The number of rotatable bonds is 4. The van der Waals surface area contributed by atoms with Crippen molar-refractivity contribution in [2.45, 2.75) is 27.7 Å². The molecule has 1 heterocycles. The summed E-state index contributed by atoms with van der Waals surface area (Å²) in [5, 5.41) is 0. The first-order chi connectivity index (χ1) is 10.6. The number of carbonyl (C=O) groups is 2. The van der Waals surface area contributed by atoms with Crippen LogP contribution in [0.25, 0.3) is 0 Å². The molecular weight excluding hydrogens is 316 g/mol. The van der Waals surface area contributed by atoms with Crippen LogP contribution in [0.15, 0.2) is 24.3 Å². The van der Waals surface area contributed by atoms with Crippen molar-refractivity contribution >= 4 is 27.5 Å². The molecule has 0 radical (unpaired) electrons. The van der Waals surface area contributed by atoms with Crippen molar-refractivity contribution in [3.05, 3.63) is 29.8 Å². The van der Waals surface area contributed by atoms with Gasteiger partial charge in [-0.05, 0) is 52.0 Å². The number of sulfonamides is 1. The van der Waals surface area contributed by atoms with Gasteiger partial charge in [0, 0.05) is 18.7 Å². The summed E-state index contributed by atoms with van der Waals surface area (Å²) in [6, 6.07) is 6.13. The number of hydrogen-bond acceptors (Lipinski definition) is 4. The maximum absolute atomic E-state index is 12.3. The molecule has 1 saturated heterocycles. The molecule has 0 bridgehead atoms. The van der Waals surface area contributed by atoms with E-state index in [0.717, 1.165) is 4.31 Å². The van der Waals surface area contributed by atoms with Gasteiger partial charge in [-0.2, -0.15) is 0 Å². The molecule has 0 spiro atoms. The van der Waals surface area contributed by atoms with E-state index in [0.29, 0.717) is 18.7 Å². The van der Waals surface area contributed by atoms with E-state index in [1.165, 1.54) is 12.1 Å². The van der Waals surface area contributed by atoms with Crippen molar-refractivity contribution in [2.75, 3.05) is 23.1 Å². The lowest BCUT2D eigenvalue weighted by molar-refractivity contribution is -0.123. The highest BCUT2D eigenvalue weighted by molar-refractivity contribution is 7.94. The molecule has 0 saturated carbocycles. The van der Waals surface area contributed by atoms with Gasteiger partial charge in [-0.3, -0.25) is 9.59 Å². The fraction of sp³-hybridized carbons (Fsp3) is 0.500. The molecule has 0 aliphatic carbocycles. The maximum atomic E-state index is 12.3. The largest absolute Gasteiger partial charge is 0.339 e.